The van der Waals surface area contributed by atoms with Crippen molar-refractivity contribution in [3.8, 4) is 5.88 Å². The lowest BCUT2D eigenvalue weighted by Gasteiger charge is -2.18. The number of allylic oxidation sites excluding steroid dienone is 4. The molecule has 21 heavy (non-hydrogen) atoms. The number of ether oxygens (including phenoxy) is 2. The Balaban J connectivity index is 2.02. The van der Waals surface area contributed by atoms with Gasteiger partial charge in [0.15, 0.2) is 11.9 Å². The Bertz CT molecular complexity index is 616. The molecule has 1 aromatic heterocycles. The number of carbonyl (C=O) groups is 1. The van der Waals surface area contributed by atoms with Crippen LogP contribution in [0.2, 0.25) is 5.02 Å². The van der Waals surface area contributed by atoms with Crippen molar-refractivity contribution < 1.29 is 18.7 Å². The van der Waals surface area contributed by atoms with Crippen molar-refractivity contribution in [2.75, 3.05) is 0 Å². The second-order valence-corrected chi connectivity index (χ2v) is 5.18. The number of halogens is 3. The smallest absolute Gasteiger partial charge is 0.261 e. The Morgan fingerprint density at radius 2 is 2.05 bits per heavy atom. The van der Waals surface area contributed by atoms with E-state index in [-0.39, 0.29) is 10.9 Å². The molecule has 0 spiro atoms. The summed E-state index contributed by atoms with van der Waals surface area (Å²) in [5.41, 5.74) is 0. The third-order valence-electron chi connectivity index (χ3n) is 2.72. The molecule has 1 atom stereocenters. The molecule has 2 rings (SSSR count). The molecule has 0 aromatic carbocycles. The highest BCUT2D eigenvalue weighted by atomic mass is 35.5. The summed E-state index contributed by atoms with van der Waals surface area (Å²) in [5, 5.41) is -0.359. The van der Waals surface area contributed by atoms with Gasteiger partial charge in [0, 0.05) is 19.0 Å². The summed E-state index contributed by atoms with van der Waals surface area (Å²) < 4.78 is 24.3. The Hall–Kier alpha value is -1.59. The van der Waals surface area contributed by atoms with E-state index in [0.29, 0.717) is 24.4 Å². The molecule has 0 amide bonds. The normalized spacial score (nSPS) is 15.8. The third-order valence-corrected chi connectivity index (χ3v) is 3.24. The highest BCUT2D eigenvalue weighted by Gasteiger charge is 2.17. The molecule has 0 N–H and O–H groups in total. The zero-order valence-electron chi connectivity index (χ0n) is 11.1. The van der Waals surface area contributed by atoms with Crippen LogP contribution in [0.1, 0.15) is 19.8 Å². The van der Waals surface area contributed by atoms with E-state index < -0.39 is 17.2 Å². The molecule has 0 saturated heterocycles. The van der Waals surface area contributed by atoms with Crippen LogP contribution in [-0.4, -0.2) is 16.3 Å². The molecule has 1 aliphatic carbocycles. The van der Waals surface area contributed by atoms with Crippen molar-refractivity contribution in [3.63, 3.8) is 0 Å². The van der Waals surface area contributed by atoms with Gasteiger partial charge in [-0.05, 0) is 36.7 Å². The average Bonchev–Trinajstić information content (AvgIpc) is 2.43. The Kier molecular flexibility index (Phi) is 5.20. The van der Waals surface area contributed by atoms with E-state index in [1.165, 1.54) is 6.20 Å². The third kappa shape index (κ3) is 4.44. The van der Waals surface area contributed by atoms with Crippen molar-refractivity contribution in [3.05, 3.63) is 46.8 Å². The minimum absolute atomic E-state index is 0.132. The molecule has 112 valence electrons. The van der Waals surface area contributed by atoms with E-state index >= 15 is 0 Å². The van der Waals surface area contributed by atoms with Crippen LogP contribution >= 0.6 is 23.2 Å². The minimum Gasteiger partial charge on any atom is -0.486 e. The van der Waals surface area contributed by atoms with E-state index in [4.69, 9.17) is 32.7 Å². The topological polar surface area (TPSA) is 48.4 Å². The molecule has 7 heteroatoms. The molecular formula is C14H12Cl2FNO3. The quantitative estimate of drug-likeness (QED) is 0.765. The molecule has 0 aliphatic heterocycles. The molecule has 0 bridgehead atoms. The number of hydrogen-bond acceptors (Lipinski definition) is 4. The fraction of sp³-hybridized carbons (Fsp3) is 0.286. The van der Waals surface area contributed by atoms with Gasteiger partial charge >= 0.3 is 0 Å². The lowest BCUT2D eigenvalue weighted by molar-refractivity contribution is -0.119. The van der Waals surface area contributed by atoms with Crippen LogP contribution < -0.4 is 4.74 Å². The first-order valence-electron chi connectivity index (χ1n) is 6.20. The Morgan fingerprint density at radius 3 is 2.62 bits per heavy atom. The molecule has 1 aliphatic rings. The molecule has 0 radical (unpaired) electrons. The summed E-state index contributed by atoms with van der Waals surface area (Å²) >= 11 is 10.9. The van der Waals surface area contributed by atoms with Crippen LogP contribution in [0.4, 0.5) is 4.39 Å². The van der Waals surface area contributed by atoms with Crippen LogP contribution in [0.25, 0.3) is 0 Å². The molecule has 0 saturated carbocycles. The van der Waals surface area contributed by atoms with Gasteiger partial charge in [-0.15, -0.1) is 0 Å². The number of carbonyl (C=O) groups excluding carboxylic acids is 1. The lowest BCUT2D eigenvalue weighted by atomic mass is 10.1. The fourth-order valence-corrected chi connectivity index (χ4v) is 1.85. The summed E-state index contributed by atoms with van der Waals surface area (Å²) in [6, 6.07) is 1.13. The van der Waals surface area contributed by atoms with Crippen LogP contribution in [0.15, 0.2) is 35.9 Å². The van der Waals surface area contributed by atoms with Gasteiger partial charge in [-0.25, -0.2) is 9.37 Å². The van der Waals surface area contributed by atoms with E-state index in [9.17, 15) is 9.18 Å². The van der Waals surface area contributed by atoms with Crippen LogP contribution in [0.3, 0.4) is 0 Å². The van der Waals surface area contributed by atoms with Gasteiger partial charge < -0.3 is 9.47 Å². The maximum absolute atomic E-state index is 13.6. The zero-order chi connectivity index (χ0) is 15.4. The summed E-state index contributed by atoms with van der Waals surface area (Å²) in [6.45, 7) is 1.57. The average molecular weight is 332 g/mol. The SMILES string of the molecule is CC(OC1=CC=C(Oc2ncc(Cl)cc2F)CC1)C(=O)Cl. The first-order valence-corrected chi connectivity index (χ1v) is 6.96. The summed E-state index contributed by atoms with van der Waals surface area (Å²) in [7, 11) is 0. The summed E-state index contributed by atoms with van der Waals surface area (Å²) in [4.78, 5) is 14.7. The van der Waals surface area contributed by atoms with E-state index in [1.807, 2.05) is 0 Å². The fourth-order valence-electron chi connectivity index (χ4n) is 1.66. The predicted molar refractivity (Wildman–Crippen MR) is 76.6 cm³/mol. The monoisotopic (exact) mass is 331 g/mol. The molecule has 4 nitrogen and oxygen atoms in total. The Morgan fingerprint density at radius 1 is 1.38 bits per heavy atom. The largest absolute Gasteiger partial charge is 0.486 e. The molecule has 1 heterocycles. The standard InChI is InChI=1S/C14H12Cl2FNO3/c1-8(13(16)19)20-10-2-4-11(5-3-10)21-14-12(17)6-9(15)7-18-14/h2,4,6-8H,3,5H2,1H3. The summed E-state index contributed by atoms with van der Waals surface area (Å²) in [6.07, 6.45) is 4.92. The van der Waals surface area contributed by atoms with E-state index in [1.54, 1.807) is 19.1 Å². The van der Waals surface area contributed by atoms with Crippen molar-refractivity contribution in [1.82, 2.24) is 4.98 Å². The van der Waals surface area contributed by atoms with Crippen LogP contribution in [0.5, 0.6) is 5.88 Å². The van der Waals surface area contributed by atoms with Gasteiger partial charge in [0.25, 0.3) is 11.1 Å². The molecule has 1 aromatic rings. The maximum Gasteiger partial charge on any atom is 0.261 e. The highest BCUT2D eigenvalue weighted by molar-refractivity contribution is 6.64. The zero-order valence-corrected chi connectivity index (χ0v) is 12.6. The molecule has 1 unspecified atom stereocenters. The summed E-state index contributed by atoms with van der Waals surface area (Å²) in [5.74, 6) is 0.401. The predicted octanol–water partition coefficient (Wildman–Crippen LogP) is 3.99. The number of rotatable bonds is 5. The minimum atomic E-state index is -0.704. The maximum atomic E-state index is 13.6. The Labute approximate surface area is 131 Å². The molecular weight excluding hydrogens is 320 g/mol. The van der Waals surface area contributed by atoms with Crippen LogP contribution in [-0.2, 0) is 9.53 Å². The number of pyridine rings is 1. The van der Waals surface area contributed by atoms with Crippen molar-refractivity contribution in [2.24, 2.45) is 0 Å². The van der Waals surface area contributed by atoms with Crippen molar-refractivity contribution >= 4 is 28.4 Å². The van der Waals surface area contributed by atoms with Crippen molar-refractivity contribution in [1.29, 1.82) is 0 Å². The van der Waals surface area contributed by atoms with Gasteiger partial charge in [0.2, 0.25) is 0 Å². The van der Waals surface area contributed by atoms with Gasteiger partial charge in [-0.1, -0.05) is 11.6 Å². The van der Waals surface area contributed by atoms with Gasteiger partial charge in [-0.2, -0.15) is 0 Å². The molecule has 0 fully saturated rings. The van der Waals surface area contributed by atoms with Gasteiger partial charge in [0.05, 0.1) is 10.8 Å². The van der Waals surface area contributed by atoms with Crippen molar-refractivity contribution in [2.45, 2.75) is 25.9 Å². The lowest BCUT2D eigenvalue weighted by Crippen LogP contribution is -2.16. The first kappa shape index (κ1) is 15.8. The van der Waals surface area contributed by atoms with Gasteiger partial charge in [-0.3, -0.25) is 4.79 Å². The number of aromatic nitrogens is 1. The number of hydrogen-bond donors (Lipinski definition) is 0. The van der Waals surface area contributed by atoms with E-state index in [0.717, 1.165) is 6.07 Å². The first-order chi connectivity index (χ1) is 9.95. The second kappa shape index (κ2) is 6.91. The van der Waals surface area contributed by atoms with Crippen LogP contribution in [0, 0.1) is 5.82 Å². The van der Waals surface area contributed by atoms with E-state index in [2.05, 4.69) is 4.98 Å². The second-order valence-electron chi connectivity index (χ2n) is 4.37. The highest BCUT2D eigenvalue weighted by Crippen LogP contribution is 2.25. The number of nitrogens with zero attached hydrogens (tertiary/aromatic N) is 1. The van der Waals surface area contributed by atoms with Gasteiger partial charge in [0.1, 0.15) is 5.76 Å².